The first-order chi connectivity index (χ1) is 8.09. The molecule has 0 amide bonds. The minimum atomic E-state index is -0.624. The highest BCUT2D eigenvalue weighted by molar-refractivity contribution is 5.39. The van der Waals surface area contributed by atoms with Gasteiger partial charge in [0, 0.05) is 11.6 Å². The van der Waals surface area contributed by atoms with E-state index >= 15 is 0 Å². The van der Waals surface area contributed by atoms with Crippen LogP contribution in [0.5, 0.6) is 0 Å². The quantitative estimate of drug-likeness (QED) is 0.586. The van der Waals surface area contributed by atoms with Crippen molar-refractivity contribution in [1.29, 1.82) is 0 Å². The SMILES string of the molecule is Cc1noc(=O)n1Cc1ccccc1[N+](=O)[O-]. The van der Waals surface area contributed by atoms with Gasteiger partial charge in [-0.15, -0.1) is 0 Å². The minimum Gasteiger partial charge on any atom is -0.296 e. The summed E-state index contributed by atoms with van der Waals surface area (Å²) in [4.78, 5) is 21.6. The molecule has 0 aliphatic carbocycles. The lowest BCUT2D eigenvalue weighted by Gasteiger charge is -2.02. The highest BCUT2D eigenvalue weighted by atomic mass is 16.6. The highest BCUT2D eigenvalue weighted by Gasteiger charge is 2.15. The Morgan fingerprint density at radius 3 is 2.76 bits per heavy atom. The van der Waals surface area contributed by atoms with Gasteiger partial charge in [0.1, 0.15) is 0 Å². The number of benzene rings is 1. The third-order valence-corrected chi connectivity index (χ3v) is 2.38. The first-order valence-corrected chi connectivity index (χ1v) is 4.85. The van der Waals surface area contributed by atoms with Crippen molar-refractivity contribution in [1.82, 2.24) is 9.72 Å². The monoisotopic (exact) mass is 235 g/mol. The molecule has 7 nitrogen and oxygen atoms in total. The fourth-order valence-electron chi connectivity index (χ4n) is 1.51. The van der Waals surface area contributed by atoms with Gasteiger partial charge in [-0.05, 0) is 6.92 Å². The van der Waals surface area contributed by atoms with Crippen LogP contribution in [0.25, 0.3) is 0 Å². The fourth-order valence-corrected chi connectivity index (χ4v) is 1.51. The number of hydrogen-bond acceptors (Lipinski definition) is 5. The first kappa shape index (κ1) is 11.1. The molecule has 0 bridgehead atoms. The lowest BCUT2D eigenvalue weighted by Crippen LogP contribution is -2.17. The Hall–Kier alpha value is -2.44. The Balaban J connectivity index is 2.43. The average Bonchev–Trinajstić information content (AvgIpc) is 2.61. The predicted octanol–water partition coefficient (Wildman–Crippen LogP) is 1.10. The second kappa shape index (κ2) is 4.20. The maximum atomic E-state index is 11.3. The van der Waals surface area contributed by atoms with Crippen LogP contribution in [0.4, 0.5) is 5.69 Å². The van der Waals surface area contributed by atoms with Gasteiger partial charge < -0.3 is 0 Å². The number of rotatable bonds is 3. The van der Waals surface area contributed by atoms with E-state index in [1.807, 2.05) is 0 Å². The molecule has 1 aromatic heterocycles. The van der Waals surface area contributed by atoms with Crippen LogP contribution in [0.1, 0.15) is 11.4 Å². The maximum absolute atomic E-state index is 11.3. The van der Waals surface area contributed by atoms with Gasteiger partial charge in [0.2, 0.25) is 0 Å². The first-order valence-electron chi connectivity index (χ1n) is 4.85. The van der Waals surface area contributed by atoms with Crippen molar-refractivity contribution < 1.29 is 9.45 Å². The summed E-state index contributed by atoms with van der Waals surface area (Å²) in [6.07, 6.45) is 0. The van der Waals surface area contributed by atoms with Crippen LogP contribution in [0.2, 0.25) is 0 Å². The van der Waals surface area contributed by atoms with Gasteiger partial charge in [-0.1, -0.05) is 23.4 Å². The summed E-state index contributed by atoms with van der Waals surface area (Å²) in [7, 11) is 0. The second-order valence-corrected chi connectivity index (χ2v) is 3.47. The van der Waals surface area contributed by atoms with Crippen molar-refractivity contribution in [2.75, 3.05) is 0 Å². The molecule has 7 heteroatoms. The number of aromatic nitrogens is 2. The lowest BCUT2D eigenvalue weighted by atomic mass is 10.2. The van der Waals surface area contributed by atoms with E-state index in [9.17, 15) is 14.9 Å². The van der Waals surface area contributed by atoms with Crippen LogP contribution in [0.15, 0.2) is 33.6 Å². The number of aryl methyl sites for hydroxylation is 1. The molecular weight excluding hydrogens is 226 g/mol. The van der Waals surface area contributed by atoms with Gasteiger partial charge in [0.15, 0.2) is 5.82 Å². The third kappa shape index (κ3) is 2.07. The molecule has 2 rings (SSSR count). The standard InChI is InChI=1S/C10H9N3O4/c1-7-11-17-10(14)12(7)6-8-4-2-3-5-9(8)13(15)16/h2-5H,6H2,1H3. The van der Waals surface area contributed by atoms with Crippen LogP contribution in [-0.2, 0) is 6.54 Å². The molecule has 1 heterocycles. The van der Waals surface area contributed by atoms with Crippen LogP contribution < -0.4 is 5.76 Å². The zero-order valence-corrected chi connectivity index (χ0v) is 8.99. The van der Waals surface area contributed by atoms with E-state index in [-0.39, 0.29) is 12.2 Å². The molecule has 1 aromatic carbocycles. The van der Waals surface area contributed by atoms with Crippen molar-refractivity contribution in [3.8, 4) is 0 Å². The molecule has 0 N–H and O–H groups in total. The second-order valence-electron chi connectivity index (χ2n) is 3.47. The molecule has 0 aliphatic rings. The molecule has 17 heavy (non-hydrogen) atoms. The molecule has 0 spiro atoms. The summed E-state index contributed by atoms with van der Waals surface area (Å²) in [6, 6.07) is 6.24. The van der Waals surface area contributed by atoms with E-state index in [1.54, 1.807) is 25.1 Å². The largest absolute Gasteiger partial charge is 0.441 e. The van der Waals surface area contributed by atoms with E-state index in [2.05, 4.69) is 9.68 Å². The minimum absolute atomic E-state index is 0.0278. The molecule has 2 aromatic rings. The Kier molecular flexibility index (Phi) is 2.73. The zero-order chi connectivity index (χ0) is 12.4. The predicted molar refractivity (Wildman–Crippen MR) is 57.7 cm³/mol. The Morgan fingerprint density at radius 1 is 1.47 bits per heavy atom. The number of nitro groups is 1. The molecule has 88 valence electrons. The smallest absolute Gasteiger partial charge is 0.296 e. The topological polar surface area (TPSA) is 91.2 Å². The van der Waals surface area contributed by atoms with Crippen molar-refractivity contribution in [3.05, 3.63) is 56.3 Å². The van der Waals surface area contributed by atoms with Gasteiger partial charge in [0.05, 0.1) is 11.5 Å². The van der Waals surface area contributed by atoms with Gasteiger partial charge >= 0.3 is 5.76 Å². The van der Waals surface area contributed by atoms with Crippen LogP contribution in [-0.4, -0.2) is 14.6 Å². The zero-order valence-electron chi connectivity index (χ0n) is 8.99. The summed E-state index contributed by atoms with van der Waals surface area (Å²) in [6.45, 7) is 1.67. The molecule has 0 unspecified atom stereocenters. The van der Waals surface area contributed by atoms with Crippen LogP contribution in [0, 0.1) is 17.0 Å². The van der Waals surface area contributed by atoms with Gasteiger partial charge in [-0.2, -0.15) is 0 Å². The van der Waals surface area contributed by atoms with Gasteiger partial charge in [-0.25, -0.2) is 4.79 Å². The molecule has 0 atom stereocenters. The summed E-state index contributed by atoms with van der Waals surface area (Å²) < 4.78 is 5.69. The molecule has 0 fully saturated rings. The number of nitro benzene ring substituents is 1. The fraction of sp³-hybridized carbons (Fsp3) is 0.200. The summed E-state index contributed by atoms with van der Waals surface area (Å²) in [5.41, 5.74) is 0.408. The number of nitrogens with zero attached hydrogens (tertiary/aromatic N) is 3. The van der Waals surface area contributed by atoms with Crippen LogP contribution >= 0.6 is 0 Å². The summed E-state index contributed by atoms with van der Waals surface area (Å²) in [5.74, 6) is -0.242. The Morgan fingerprint density at radius 2 is 2.18 bits per heavy atom. The van der Waals surface area contributed by atoms with Crippen molar-refractivity contribution >= 4 is 5.69 Å². The van der Waals surface area contributed by atoms with E-state index < -0.39 is 10.7 Å². The van der Waals surface area contributed by atoms with Gasteiger partial charge in [0.25, 0.3) is 5.69 Å². The molecule has 0 saturated carbocycles. The number of para-hydroxylation sites is 1. The Bertz CT molecular complexity index is 614. The number of hydrogen-bond donors (Lipinski definition) is 0. The average molecular weight is 235 g/mol. The maximum Gasteiger partial charge on any atom is 0.441 e. The van der Waals surface area contributed by atoms with Crippen LogP contribution in [0.3, 0.4) is 0 Å². The van der Waals surface area contributed by atoms with Crippen molar-refractivity contribution in [2.45, 2.75) is 13.5 Å². The third-order valence-electron chi connectivity index (χ3n) is 2.38. The lowest BCUT2D eigenvalue weighted by molar-refractivity contribution is -0.385. The molecule has 0 aliphatic heterocycles. The van der Waals surface area contributed by atoms with E-state index in [0.29, 0.717) is 11.4 Å². The summed E-state index contributed by atoms with van der Waals surface area (Å²) in [5, 5.41) is 14.3. The molecule has 0 saturated heterocycles. The van der Waals surface area contributed by atoms with E-state index in [1.165, 1.54) is 10.6 Å². The normalized spacial score (nSPS) is 10.4. The summed E-state index contributed by atoms with van der Waals surface area (Å²) >= 11 is 0. The van der Waals surface area contributed by atoms with Crippen molar-refractivity contribution in [3.63, 3.8) is 0 Å². The van der Waals surface area contributed by atoms with E-state index in [0.717, 1.165) is 0 Å². The highest BCUT2D eigenvalue weighted by Crippen LogP contribution is 2.18. The Labute approximate surface area is 95.4 Å². The van der Waals surface area contributed by atoms with Crippen molar-refractivity contribution in [2.24, 2.45) is 0 Å². The van der Waals surface area contributed by atoms with Gasteiger partial charge in [-0.3, -0.25) is 19.2 Å². The molecular formula is C10H9N3O4. The van der Waals surface area contributed by atoms with E-state index in [4.69, 9.17) is 0 Å². The molecule has 0 radical (unpaired) electrons.